The number of hydrogen-bond acceptors (Lipinski definition) is 2. The minimum Gasteiger partial charge on any atom is -0.316 e. The third kappa shape index (κ3) is 1.81. The molecular weight excluding hydrogens is 196 g/mol. The molecule has 0 amide bonds. The van der Waals surface area contributed by atoms with Crippen LogP contribution in [0.15, 0.2) is 36.7 Å². The highest BCUT2D eigenvalue weighted by Crippen LogP contribution is 2.22. The maximum Gasteiger partial charge on any atom is 0.0346 e. The van der Waals surface area contributed by atoms with Gasteiger partial charge in [0.15, 0.2) is 0 Å². The van der Waals surface area contributed by atoms with Crippen LogP contribution in [-0.2, 0) is 6.42 Å². The van der Waals surface area contributed by atoms with Crippen molar-refractivity contribution in [1.29, 1.82) is 0 Å². The molecule has 2 heterocycles. The first kappa shape index (κ1) is 9.79. The lowest BCUT2D eigenvalue weighted by atomic mass is 9.95. The first-order valence-electron chi connectivity index (χ1n) is 5.96. The minimum absolute atomic E-state index is 0.804. The van der Waals surface area contributed by atoms with Gasteiger partial charge in [-0.05, 0) is 48.9 Å². The number of pyridine rings is 1. The zero-order valence-corrected chi connectivity index (χ0v) is 9.32. The molecule has 1 fully saturated rings. The summed E-state index contributed by atoms with van der Waals surface area (Å²) in [5.74, 6) is 0.804. The van der Waals surface area contributed by atoms with E-state index in [2.05, 4.69) is 34.6 Å². The monoisotopic (exact) mass is 212 g/mol. The fourth-order valence-corrected chi connectivity index (χ4v) is 2.57. The van der Waals surface area contributed by atoms with Crippen molar-refractivity contribution in [3.8, 4) is 0 Å². The largest absolute Gasteiger partial charge is 0.316 e. The first-order chi connectivity index (χ1) is 7.93. The van der Waals surface area contributed by atoms with Gasteiger partial charge in [0.2, 0.25) is 0 Å². The quantitative estimate of drug-likeness (QED) is 0.826. The maximum atomic E-state index is 4.17. The van der Waals surface area contributed by atoms with Crippen LogP contribution >= 0.6 is 0 Å². The molecule has 1 N–H and O–H groups in total. The van der Waals surface area contributed by atoms with E-state index in [0.29, 0.717) is 0 Å². The SMILES string of the molecule is c1cc(C[C@@H]2CCNC2)c2ccncc2c1. The Morgan fingerprint density at radius 3 is 3.19 bits per heavy atom. The Bertz CT molecular complexity index is 482. The van der Waals surface area contributed by atoms with E-state index in [1.54, 1.807) is 0 Å². The van der Waals surface area contributed by atoms with Gasteiger partial charge in [-0.2, -0.15) is 0 Å². The van der Waals surface area contributed by atoms with Gasteiger partial charge in [-0.25, -0.2) is 0 Å². The summed E-state index contributed by atoms with van der Waals surface area (Å²) in [4.78, 5) is 4.17. The summed E-state index contributed by atoms with van der Waals surface area (Å²) in [6.07, 6.45) is 6.33. The molecule has 0 spiro atoms. The molecule has 0 saturated carbocycles. The molecule has 82 valence electrons. The fraction of sp³-hybridized carbons (Fsp3) is 0.357. The van der Waals surface area contributed by atoms with Crippen LogP contribution in [-0.4, -0.2) is 18.1 Å². The van der Waals surface area contributed by atoms with Gasteiger partial charge in [0.1, 0.15) is 0 Å². The fourth-order valence-electron chi connectivity index (χ4n) is 2.57. The third-order valence-corrected chi connectivity index (χ3v) is 3.44. The van der Waals surface area contributed by atoms with Crippen molar-refractivity contribution in [2.24, 2.45) is 5.92 Å². The van der Waals surface area contributed by atoms with Crippen LogP contribution < -0.4 is 5.32 Å². The number of hydrogen-bond donors (Lipinski definition) is 1. The summed E-state index contributed by atoms with van der Waals surface area (Å²) in [7, 11) is 0. The second-order valence-electron chi connectivity index (χ2n) is 4.58. The van der Waals surface area contributed by atoms with Crippen molar-refractivity contribution in [2.45, 2.75) is 12.8 Å². The molecule has 1 aliphatic rings. The molecule has 1 atom stereocenters. The molecular formula is C14H16N2. The summed E-state index contributed by atoms with van der Waals surface area (Å²) in [6.45, 7) is 2.35. The van der Waals surface area contributed by atoms with Gasteiger partial charge in [-0.3, -0.25) is 4.98 Å². The van der Waals surface area contributed by atoms with E-state index in [9.17, 15) is 0 Å². The Morgan fingerprint density at radius 1 is 1.31 bits per heavy atom. The zero-order valence-electron chi connectivity index (χ0n) is 9.32. The average molecular weight is 212 g/mol. The number of benzene rings is 1. The molecule has 0 unspecified atom stereocenters. The van der Waals surface area contributed by atoms with Crippen LogP contribution in [0.3, 0.4) is 0 Å². The lowest BCUT2D eigenvalue weighted by molar-refractivity contribution is 0.582. The normalized spacial score (nSPS) is 20.4. The van der Waals surface area contributed by atoms with Gasteiger partial charge < -0.3 is 5.32 Å². The number of rotatable bonds is 2. The molecule has 1 aromatic carbocycles. The first-order valence-corrected chi connectivity index (χ1v) is 5.96. The van der Waals surface area contributed by atoms with Crippen molar-refractivity contribution < 1.29 is 0 Å². The summed E-state index contributed by atoms with van der Waals surface area (Å²) < 4.78 is 0. The van der Waals surface area contributed by atoms with E-state index < -0.39 is 0 Å². The van der Waals surface area contributed by atoms with Crippen molar-refractivity contribution >= 4 is 10.8 Å². The Hall–Kier alpha value is -1.41. The van der Waals surface area contributed by atoms with Crippen LogP contribution in [0.5, 0.6) is 0 Å². The molecule has 1 aromatic heterocycles. The second-order valence-corrected chi connectivity index (χ2v) is 4.58. The summed E-state index contributed by atoms with van der Waals surface area (Å²) in [5, 5.41) is 6.05. The summed E-state index contributed by atoms with van der Waals surface area (Å²) in [5.41, 5.74) is 1.47. The van der Waals surface area contributed by atoms with Crippen molar-refractivity contribution in [3.63, 3.8) is 0 Å². The van der Waals surface area contributed by atoms with Crippen molar-refractivity contribution in [2.75, 3.05) is 13.1 Å². The van der Waals surface area contributed by atoms with E-state index in [1.165, 1.54) is 42.3 Å². The highest BCUT2D eigenvalue weighted by atomic mass is 14.9. The van der Waals surface area contributed by atoms with Crippen LogP contribution in [0, 0.1) is 5.92 Å². The van der Waals surface area contributed by atoms with Crippen LogP contribution in [0.4, 0.5) is 0 Å². The maximum absolute atomic E-state index is 4.17. The predicted octanol–water partition coefficient (Wildman–Crippen LogP) is 2.39. The van der Waals surface area contributed by atoms with Crippen molar-refractivity contribution in [3.05, 3.63) is 42.2 Å². The lowest BCUT2D eigenvalue weighted by Gasteiger charge is -2.10. The molecule has 16 heavy (non-hydrogen) atoms. The number of nitrogens with zero attached hydrogens (tertiary/aromatic N) is 1. The van der Waals surface area contributed by atoms with Gasteiger partial charge in [0, 0.05) is 17.8 Å². The molecule has 1 aliphatic heterocycles. The molecule has 2 heteroatoms. The third-order valence-electron chi connectivity index (χ3n) is 3.44. The Labute approximate surface area is 95.7 Å². The molecule has 0 bridgehead atoms. The number of fused-ring (bicyclic) bond motifs is 1. The van der Waals surface area contributed by atoms with E-state index in [-0.39, 0.29) is 0 Å². The average Bonchev–Trinajstić information content (AvgIpc) is 2.82. The smallest absolute Gasteiger partial charge is 0.0346 e. The Morgan fingerprint density at radius 2 is 2.31 bits per heavy atom. The molecule has 1 saturated heterocycles. The van der Waals surface area contributed by atoms with E-state index >= 15 is 0 Å². The standard InChI is InChI=1S/C14H16N2/c1-2-12(8-11-4-6-15-9-11)14-5-7-16-10-13(14)3-1/h1-3,5,7,10-11,15H,4,6,8-9H2/t11-/m0/s1. The van der Waals surface area contributed by atoms with Crippen LogP contribution in [0.25, 0.3) is 10.8 Å². The topological polar surface area (TPSA) is 24.9 Å². The highest BCUT2D eigenvalue weighted by molar-refractivity contribution is 5.84. The van der Waals surface area contributed by atoms with E-state index in [1.807, 2.05) is 12.4 Å². The zero-order chi connectivity index (χ0) is 10.8. The van der Waals surface area contributed by atoms with Gasteiger partial charge in [0.25, 0.3) is 0 Å². The minimum atomic E-state index is 0.804. The van der Waals surface area contributed by atoms with Crippen LogP contribution in [0.1, 0.15) is 12.0 Å². The lowest BCUT2D eigenvalue weighted by Crippen LogP contribution is -2.10. The number of nitrogens with one attached hydrogen (secondary N) is 1. The molecule has 2 nitrogen and oxygen atoms in total. The second kappa shape index (κ2) is 4.22. The van der Waals surface area contributed by atoms with Crippen LogP contribution in [0.2, 0.25) is 0 Å². The van der Waals surface area contributed by atoms with Crippen molar-refractivity contribution in [1.82, 2.24) is 10.3 Å². The van der Waals surface area contributed by atoms with E-state index in [0.717, 1.165) is 5.92 Å². The highest BCUT2D eigenvalue weighted by Gasteiger charge is 2.15. The molecule has 0 aliphatic carbocycles. The van der Waals surface area contributed by atoms with Gasteiger partial charge in [-0.1, -0.05) is 18.2 Å². The summed E-state index contributed by atoms with van der Waals surface area (Å²) >= 11 is 0. The number of aromatic nitrogens is 1. The predicted molar refractivity (Wildman–Crippen MR) is 66.4 cm³/mol. The van der Waals surface area contributed by atoms with Gasteiger partial charge >= 0.3 is 0 Å². The molecule has 2 aromatic rings. The molecule has 0 radical (unpaired) electrons. The van der Waals surface area contributed by atoms with Gasteiger partial charge in [-0.15, -0.1) is 0 Å². The molecule has 3 rings (SSSR count). The Balaban J connectivity index is 1.96. The Kier molecular flexibility index (Phi) is 2.58. The van der Waals surface area contributed by atoms with Gasteiger partial charge in [0.05, 0.1) is 0 Å². The van der Waals surface area contributed by atoms with E-state index in [4.69, 9.17) is 0 Å². The summed E-state index contributed by atoms with van der Waals surface area (Å²) in [6, 6.07) is 8.66.